The van der Waals surface area contributed by atoms with Crippen molar-refractivity contribution in [1.29, 1.82) is 0 Å². The Morgan fingerprint density at radius 3 is 2.37 bits per heavy atom. The molecule has 1 atom stereocenters. The first-order valence-electron chi connectivity index (χ1n) is 10.3. The van der Waals surface area contributed by atoms with E-state index in [1.165, 1.54) is 0 Å². The van der Waals surface area contributed by atoms with Gasteiger partial charge in [-0.15, -0.1) is 0 Å². The summed E-state index contributed by atoms with van der Waals surface area (Å²) in [5.41, 5.74) is 1.95. The van der Waals surface area contributed by atoms with Gasteiger partial charge in [0.25, 0.3) is 11.8 Å². The van der Waals surface area contributed by atoms with Gasteiger partial charge in [0.15, 0.2) is 0 Å². The van der Waals surface area contributed by atoms with Gasteiger partial charge in [-0.05, 0) is 62.1 Å². The molecule has 2 aliphatic rings. The SMILES string of the molecule is O=C(Nc1ccccc1C(=O)NCC1CCCO1)c1ccc(NC(=O)C2CC2)cc1. The van der Waals surface area contributed by atoms with Gasteiger partial charge in [0.05, 0.1) is 17.4 Å². The highest BCUT2D eigenvalue weighted by Crippen LogP contribution is 2.30. The van der Waals surface area contributed by atoms with Crippen LogP contribution < -0.4 is 16.0 Å². The maximum absolute atomic E-state index is 12.7. The predicted molar refractivity (Wildman–Crippen MR) is 113 cm³/mol. The van der Waals surface area contributed by atoms with Gasteiger partial charge >= 0.3 is 0 Å². The zero-order valence-corrected chi connectivity index (χ0v) is 16.6. The third-order valence-electron chi connectivity index (χ3n) is 5.30. The van der Waals surface area contributed by atoms with Crippen LogP contribution in [-0.2, 0) is 9.53 Å². The molecule has 1 heterocycles. The van der Waals surface area contributed by atoms with Gasteiger partial charge in [-0.3, -0.25) is 14.4 Å². The summed E-state index contributed by atoms with van der Waals surface area (Å²) in [6, 6.07) is 13.6. The van der Waals surface area contributed by atoms with Crippen LogP contribution in [0.2, 0.25) is 0 Å². The molecular weight excluding hydrogens is 382 g/mol. The number of benzene rings is 2. The number of carbonyl (C=O) groups is 3. The number of hydrogen-bond donors (Lipinski definition) is 3. The fraction of sp³-hybridized carbons (Fsp3) is 0.348. The number of hydrogen-bond acceptors (Lipinski definition) is 4. The first-order chi connectivity index (χ1) is 14.6. The maximum Gasteiger partial charge on any atom is 0.255 e. The monoisotopic (exact) mass is 407 g/mol. The molecule has 2 aromatic carbocycles. The van der Waals surface area contributed by atoms with Crippen molar-refractivity contribution in [3.63, 3.8) is 0 Å². The Bertz CT molecular complexity index is 932. The molecule has 3 N–H and O–H groups in total. The smallest absolute Gasteiger partial charge is 0.255 e. The van der Waals surface area contributed by atoms with Crippen LogP contribution in [0.3, 0.4) is 0 Å². The van der Waals surface area contributed by atoms with E-state index in [-0.39, 0.29) is 29.7 Å². The Morgan fingerprint density at radius 1 is 0.900 bits per heavy atom. The highest BCUT2D eigenvalue weighted by atomic mass is 16.5. The Hall–Kier alpha value is -3.19. The molecule has 1 saturated carbocycles. The van der Waals surface area contributed by atoms with Crippen molar-refractivity contribution < 1.29 is 19.1 Å². The normalized spacial score (nSPS) is 17.9. The molecular formula is C23H25N3O4. The van der Waals surface area contributed by atoms with Gasteiger partial charge in [-0.1, -0.05) is 12.1 Å². The van der Waals surface area contributed by atoms with Crippen LogP contribution in [0.4, 0.5) is 11.4 Å². The summed E-state index contributed by atoms with van der Waals surface area (Å²) in [6.45, 7) is 1.19. The summed E-state index contributed by atoms with van der Waals surface area (Å²) in [6.07, 6.45) is 3.88. The molecule has 4 rings (SSSR count). The van der Waals surface area contributed by atoms with Crippen LogP contribution in [-0.4, -0.2) is 37.0 Å². The summed E-state index contributed by atoms with van der Waals surface area (Å²) < 4.78 is 5.53. The predicted octanol–water partition coefficient (Wildman–Crippen LogP) is 3.20. The highest BCUT2D eigenvalue weighted by molar-refractivity contribution is 6.09. The first kappa shape index (κ1) is 20.1. The molecule has 2 fully saturated rings. The van der Waals surface area contributed by atoms with E-state index in [9.17, 15) is 14.4 Å². The van der Waals surface area contributed by atoms with E-state index in [4.69, 9.17) is 4.74 Å². The fourth-order valence-electron chi connectivity index (χ4n) is 3.39. The molecule has 0 aromatic heterocycles. The number of para-hydroxylation sites is 1. The zero-order chi connectivity index (χ0) is 20.9. The van der Waals surface area contributed by atoms with Crippen molar-refractivity contribution in [2.24, 2.45) is 5.92 Å². The third-order valence-corrected chi connectivity index (χ3v) is 5.30. The van der Waals surface area contributed by atoms with Crippen LogP contribution in [0.1, 0.15) is 46.4 Å². The lowest BCUT2D eigenvalue weighted by atomic mass is 10.1. The maximum atomic E-state index is 12.7. The Kier molecular flexibility index (Phi) is 6.09. The van der Waals surface area contributed by atoms with Gasteiger partial charge in [-0.25, -0.2) is 0 Å². The fourth-order valence-corrected chi connectivity index (χ4v) is 3.39. The average Bonchev–Trinajstić information content (AvgIpc) is 3.49. The van der Waals surface area contributed by atoms with E-state index in [0.717, 1.165) is 32.3 Å². The zero-order valence-electron chi connectivity index (χ0n) is 16.6. The summed E-state index contributed by atoms with van der Waals surface area (Å²) in [4.78, 5) is 37.1. The van der Waals surface area contributed by atoms with Crippen molar-refractivity contribution in [3.05, 3.63) is 59.7 Å². The molecule has 1 aliphatic heterocycles. The van der Waals surface area contributed by atoms with Crippen LogP contribution in [0.5, 0.6) is 0 Å². The van der Waals surface area contributed by atoms with E-state index in [2.05, 4.69) is 16.0 Å². The molecule has 0 spiro atoms. The van der Waals surface area contributed by atoms with E-state index >= 15 is 0 Å². The summed E-state index contributed by atoms with van der Waals surface area (Å²) in [7, 11) is 0. The second-order valence-corrected chi connectivity index (χ2v) is 7.69. The van der Waals surface area contributed by atoms with Crippen LogP contribution in [0, 0.1) is 5.92 Å². The van der Waals surface area contributed by atoms with Crippen molar-refractivity contribution in [2.45, 2.75) is 31.8 Å². The highest BCUT2D eigenvalue weighted by Gasteiger charge is 2.29. The van der Waals surface area contributed by atoms with Gasteiger partial charge in [-0.2, -0.15) is 0 Å². The lowest BCUT2D eigenvalue weighted by Gasteiger charge is -2.14. The van der Waals surface area contributed by atoms with Gasteiger partial charge in [0.1, 0.15) is 0 Å². The Labute approximate surface area is 175 Å². The molecule has 1 saturated heterocycles. The van der Waals surface area contributed by atoms with E-state index < -0.39 is 0 Å². The molecule has 0 radical (unpaired) electrons. The number of rotatable bonds is 7. The molecule has 2 aromatic rings. The lowest BCUT2D eigenvalue weighted by Crippen LogP contribution is -2.32. The topological polar surface area (TPSA) is 96.5 Å². The summed E-state index contributed by atoms with van der Waals surface area (Å²) in [5, 5.41) is 8.53. The second kappa shape index (κ2) is 9.09. The minimum absolute atomic E-state index is 0.0233. The minimum atomic E-state index is -0.325. The van der Waals surface area contributed by atoms with Crippen molar-refractivity contribution in [1.82, 2.24) is 5.32 Å². The van der Waals surface area contributed by atoms with Crippen molar-refractivity contribution in [2.75, 3.05) is 23.8 Å². The Morgan fingerprint density at radius 2 is 1.67 bits per heavy atom. The molecule has 0 bridgehead atoms. The molecule has 1 aliphatic carbocycles. The van der Waals surface area contributed by atoms with E-state index in [1.54, 1.807) is 48.5 Å². The molecule has 7 heteroatoms. The first-order valence-corrected chi connectivity index (χ1v) is 10.3. The number of ether oxygens (including phenoxy) is 1. The van der Waals surface area contributed by atoms with Crippen molar-refractivity contribution in [3.8, 4) is 0 Å². The van der Waals surface area contributed by atoms with Crippen LogP contribution >= 0.6 is 0 Å². The molecule has 7 nitrogen and oxygen atoms in total. The third kappa shape index (κ3) is 5.04. The number of carbonyl (C=O) groups excluding carboxylic acids is 3. The number of anilines is 2. The summed E-state index contributed by atoms with van der Waals surface area (Å²) in [5.74, 6) is -0.431. The largest absolute Gasteiger partial charge is 0.376 e. The van der Waals surface area contributed by atoms with E-state index in [1.807, 2.05) is 0 Å². The van der Waals surface area contributed by atoms with Gasteiger partial charge < -0.3 is 20.7 Å². The van der Waals surface area contributed by atoms with Gasteiger partial charge in [0.2, 0.25) is 5.91 Å². The van der Waals surface area contributed by atoms with E-state index in [0.29, 0.717) is 29.0 Å². The summed E-state index contributed by atoms with van der Waals surface area (Å²) >= 11 is 0. The van der Waals surface area contributed by atoms with Gasteiger partial charge in [0, 0.05) is 30.3 Å². The Balaban J connectivity index is 1.37. The molecule has 156 valence electrons. The second-order valence-electron chi connectivity index (χ2n) is 7.69. The van der Waals surface area contributed by atoms with Crippen LogP contribution in [0.15, 0.2) is 48.5 Å². The molecule has 1 unspecified atom stereocenters. The average molecular weight is 407 g/mol. The quantitative estimate of drug-likeness (QED) is 0.657. The van der Waals surface area contributed by atoms with Crippen LogP contribution in [0.25, 0.3) is 0 Å². The molecule has 30 heavy (non-hydrogen) atoms. The van der Waals surface area contributed by atoms with Crippen molar-refractivity contribution >= 4 is 29.1 Å². The minimum Gasteiger partial charge on any atom is -0.376 e. The standard InChI is InChI=1S/C23H25N3O4/c27-21(15-7-8-15)25-17-11-9-16(10-12-17)22(28)26-20-6-2-1-5-19(20)23(29)24-14-18-4-3-13-30-18/h1-2,5-6,9-12,15,18H,3-4,7-8,13-14H2,(H,24,29)(H,25,27)(H,26,28). The lowest BCUT2D eigenvalue weighted by molar-refractivity contribution is -0.117. The number of nitrogens with one attached hydrogen (secondary N) is 3. The number of amides is 3. The molecule has 3 amide bonds.